The number of aromatic nitrogens is 2. The third-order valence-corrected chi connectivity index (χ3v) is 2.23. The van der Waals surface area contributed by atoms with Gasteiger partial charge in [-0.25, -0.2) is 4.98 Å². The Morgan fingerprint density at radius 2 is 1.93 bits per heavy atom. The fraction of sp³-hybridized carbons (Fsp3) is 0.556. The summed E-state index contributed by atoms with van der Waals surface area (Å²) in [6.45, 7) is 5.79. The molecule has 0 radical (unpaired) electrons. The summed E-state index contributed by atoms with van der Waals surface area (Å²) in [6, 6.07) is 1.95. The lowest BCUT2D eigenvalue weighted by molar-refractivity contribution is 1.01. The van der Waals surface area contributed by atoms with Crippen LogP contribution in [0.25, 0.3) is 0 Å². The summed E-state index contributed by atoms with van der Waals surface area (Å²) in [5.41, 5.74) is 0. The van der Waals surface area contributed by atoms with E-state index in [0.717, 1.165) is 23.9 Å². The highest BCUT2D eigenvalue weighted by Gasteiger charge is 2.01. The molecule has 0 atom stereocenters. The normalized spacial score (nSPS) is 9.93. The van der Waals surface area contributed by atoms with Crippen molar-refractivity contribution in [3.63, 3.8) is 0 Å². The molecule has 0 saturated carbocycles. The number of thioether (sulfide) groups is 1. The molecule has 0 fully saturated rings. The minimum atomic E-state index is 0.690. The zero-order valence-electron chi connectivity index (χ0n) is 8.79. The summed E-state index contributed by atoms with van der Waals surface area (Å²) in [7, 11) is 0. The monoisotopic (exact) mass is 212 g/mol. The molecule has 0 aromatic carbocycles. The van der Waals surface area contributed by atoms with Crippen LogP contribution in [-0.4, -0.2) is 29.3 Å². The third-order valence-electron chi connectivity index (χ3n) is 1.60. The Balaban J connectivity index is 2.88. The first-order chi connectivity index (χ1) is 6.80. The molecule has 0 aliphatic carbocycles. The maximum Gasteiger partial charge on any atom is 0.225 e. The summed E-state index contributed by atoms with van der Waals surface area (Å²) in [5, 5.41) is 7.26. The second-order valence-electron chi connectivity index (χ2n) is 2.68. The van der Waals surface area contributed by atoms with Gasteiger partial charge in [0.25, 0.3) is 0 Å². The van der Waals surface area contributed by atoms with Gasteiger partial charge in [-0.05, 0) is 20.1 Å². The van der Waals surface area contributed by atoms with Crippen molar-refractivity contribution in [2.24, 2.45) is 0 Å². The van der Waals surface area contributed by atoms with Gasteiger partial charge in [-0.2, -0.15) is 4.98 Å². The first kappa shape index (κ1) is 11.1. The molecule has 0 aliphatic heterocycles. The number of nitrogens with one attached hydrogen (secondary N) is 2. The second-order valence-corrected chi connectivity index (χ2v) is 3.51. The molecule has 0 bridgehead atoms. The first-order valence-electron chi connectivity index (χ1n) is 4.71. The van der Waals surface area contributed by atoms with E-state index in [0.29, 0.717) is 5.95 Å². The number of anilines is 2. The van der Waals surface area contributed by atoms with Gasteiger partial charge in [0.2, 0.25) is 5.95 Å². The van der Waals surface area contributed by atoms with Gasteiger partial charge in [-0.15, -0.1) is 11.8 Å². The van der Waals surface area contributed by atoms with Crippen LogP contribution in [0.3, 0.4) is 0 Å². The lowest BCUT2D eigenvalue weighted by atomic mass is 10.5. The highest BCUT2D eigenvalue weighted by molar-refractivity contribution is 7.98. The van der Waals surface area contributed by atoms with Crippen molar-refractivity contribution >= 4 is 23.5 Å². The topological polar surface area (TPSA) is 49.8 Å². The van der Waals surface area contributed by atoms with Crippen LogP contribution in [0.4, 0.5) is 11.8 Å². The van der Waals surface area contributed by atoms with E-state index in [1.807, 2.05) is 26.2 Å². The molecule has 0 amide bonds. The molecule has 1 rings (SSSR count). The van der Waals surface area contributed by atoms with Crippen LogP contribution in [0.2, 0.25) is 0 Å². The summed E-state index contributed by atoms with van der Waals surface area (Å²) >= 11 is 1.62. The van der Waals surface area contributed by atoms with E-state index in [9.17, 15) is 0 Å². The zero-order valence-corrected chi connectivity index (χ0v) is 9.61. The van der Waals surface area contributed by atoms with E-state index in [1.54, 1.807) is 11.8 Å². The summed E-state index contributed by atoms with van der Waals surface area (Å²) in [5.74, 6) is 1.57. The van der Waals surface area contributed by atoms with E-state index in [4.69, 9.17) is 0 Å². The van der Waals surface area contributed by atoms with Gasteiger partial charge < -0.3 is 10.6 Å². The molecule has 1 aromatic rings. The minimum absolute atomic E-state index is 0.690. The Bertz CT molecular complexity index is 266. The Hall–Kier alpha value is -0.970. The lowest BCUT2D eigenvalue weighted by Crippen LogP contribution is -2.06. The van der Waals surface area contributed by atoms with Crippen LogP contribution in [0.1, 0.15) is 13.8 Å². The molecule has 2 N–H and O–H groups in total. The second kappa shape index (κ2) is 5.70. The minimum Gasteiger partial charge on any atom is -0.370 e. The Kier molecular flexibility index (Phi) is 4.52. The van der Waals surface area contributed by atoms with Crippen LogP contribution in [0.5, 0.6) is 0 Å². The summed E-state index contributed by atoms with van der Waals surface area (Å²) in [6.07, 6.45) is 2.01. The Labute approximate surface area is 88.9 Å². The van der Waals surface area contributed by atoms with Crippen molar-refractivity contribution in [2.75, 3.05) is 30.0 Å². The van der Waals surface area contributed by atoms with Crippen LogP contribution in [0, 0.1) is 0 Å². The standard InChI is InChI=1S/C9H16N4S/c1-4-10-7-6-8(14-3)13-9(12-7)11-5-2/h6H,4-5H2,1-3H3,(H2,10,11,12,13). The molecule has 5 heteroatoms. The van der Waals surface area contributed by atoms with Crippen LogP contribution in [-0.2, 0) is 0 Å². The SMILES string of the molecule is CCNc1cc(SC)nc(NCC)n1. The largest absolute Gasteiger partial charge is 0.370 e. The van der Waals surface area contributed by atoms with E-state index >= 15 is 0 Å². The maximum atomic E-state index is 4.32. The van der Waals surface area contributed by atoms with Gasteiger partial charge in [0.15, 0.2) is 0 Å². The van der Waals surface area contributed by atoms with E-state index in [2.05, 4.69) is 20.6 Å². The molecule has 14 heavy (non-hydrogen) atoms. The van der Waals surface area contributed by atoms with E-state index in [-0.39, 0.29) is 0 Å². The van der Waals surface area contributed by atoms with Crippen LogP contribution in [0.15, 0.2) is 11.1 Å². The number of nitrogens with zero attached hydrogens (tertiary/aromatic N) is 2. The van der Waals surface area contributed by atoms with Gasteiger partial charge in [-0.1, -0.05) is 0 Å². The molecular weight excluding hydrogens is 196 g/mol. The van der Waals surface area contributed by atoms with Gasteiger partial charge in [0.1, 0.15) is 10.8 Å². The zero-order chi connectivity index (χ0) is 10.4. The van der Waals surface area contributed by atoms with Crippen LogP contribution < -0.4 is 10.6 Å². The number of hydrogen-bond donors (Lipinski definition) is 2. The smallest absolute Gasteiger partial charge is 0.225 e. The molecule has 1 aromatic heterocycles. The highest BCUT2D eigenvalue weighted by Crippen LogP contribution is 2.17. The molecule has 0 spiro atoms. The lowest BCUT2D eigenvalue weighted by Gasteiger charge is -2.07. The highest BCUT2D eigenvalue weighted by atomic mass is 32.2. The molecule has 4 nitrogen and oxygen atoms in total. The third kappa shape index (κ3) is 3.06. The van der Waals surface area contributed by atoms with E-state index < -0.39 is 0 Å². The predicted molar refractivity (Wildman–Crippen MR) is 62.1 cm³/mol. The van der Waals surface area contributed by atoms with Crippen LogP contribution >= 0.6 is 11.8 Å². The molecular formula is C9H16N4S. The average Bonchev–Trinajstić information content (AvgIpc) is 2.18. The van der Waals surface area contributed by atoms with Crippen molar-refractivity contribution in [2.45, 2.75) is 18.9 Å². The quantitative estimate of drug-likeness (QED) is 0.578. The van der Waals surface area contributed by atoms with Gasteiger partial charge in [0, 0.05) is 19.2 Å². The molecule has 0 saturated heterocycles. The number of rotatable bonds is 5. The van der Waals surface area contributed by atoms with E-state index in [1.165, 1.54) is 0 Å². The van der Waals surface area contributed by atoms with Gasteiger partial charge in [0.05, 0.1) is 0 Å². The van der Waals surface area contributed by atoms with Crippen molar-refractivity contribution in [3.05, 3.63) is 6.07 Å². The summed E-state index contributed by atoms with van der Waals surface area (Å²) in [4.78, 5) is 8.64. The first-order valence-corrected chi connectivity index (χ1v) is 5.93. The molecule has 0 aliphatic rings. The fourth-order valence-corrected chi connectivity index (χ4v) is 1.45. The molecule has 0 unspecified atom stereocenters. The fourth-order valence-electron chi connectivity index (χ4n) is 1.04. The average molecular weight is 212 g/mol. The van der Waals surface area contributed by atoms with Gasteiger partial charge in [-0.3, -0.25) is 0 Å². The maximum absolute atomic E-state index is 4.32. The summed E-state index contributed by atoms with van der Waals surface area (Å²) < 4.78 is 0. The molecule has 1 heterocycles. The number of hydrogen-bond acceptors (Lipinski definition) is 5. The Morgan fingerprint density at radius 3 is 2.50 bits per heavy atom. The predicted octanol–water partition coefficient (Wildman–Crippen LogP) is 2.06. The Morgan fingerprint density at radius 1 is 1.21 bits per heavy atom. The van der Waals surface area contributed by atoms with Crippen molar-refractivity contribution < 1.29 is 0 Å². The van der Waals surface area contributed by atoms with Crippen molar-refractivity contribution in [1.29, 1.82) is 0 Å². The van der Waals surface area contributed by atoms with Crippen molar-refractivity contribution in [1.82, 2.24) is 9.97 Å². The van der Waals surface area contributed by atoms with Gasteiger partial charge >= 0.3 is 0 Å². The molecule has 78 valence electrons. The van der Waals surface area contributed by atoms with Crippen molar-refractivity contribution in [3.8, 4) is 0 Å².